The summed E-state index contributed by atoms with van der Waals surface area (Å²) in [6, 6.07) is 1.42. The Balaban J connectivity index is 3.59. The molecule has 9 heteroatoms. The van der Waals surface area contributed by atoms with Gasteiger partial charge in [0.1, 0.15) is 11.9 Å². The Kier molecular flexibility index (Phi) is 3.40. The molecular weight excluding hydrogens is 269 g/mol. The van der Waals surface area contributed by atoms with Crippen molar-refractivity contribution in [3.8, 4) is 6.07 Å². The molecule has 4 nitrogen and oxygen atoms in total. The largest absolute Gasteiger partial charge is 0.278 e. The number of nitriles is 1. The minimum Gasteiger partial charge on any atom is -0.223 e. The molecule has 86 valence electrons. The molecule has 0 atom stereocenters. The molecule has 0 saturated carbocycles. The number of aromatic nitrogens is 1. The van der Waals surface area contributed by atoms with Crippen LogP contribution in [0.25, 0.3) is 0 Å². The second-order valence-electron chi connectivity index (χ2n) is 2.55. The molecule has 1 aromatic rings. The quantitative estimate of drug-likeness (QED) is 0.770. The van der Waals surface area contributed by atoms with Gasteiger partial charge in [0.25, 0.3) is 15.5 Å². The van der Waals surface area contributed by atoms with Crippen LogP contribution in [0.1, 0.15) is 17.7 Å². The highest BCUT2D eigenvalue weighted by Crippen LogP contribution is 2.26. The van der Waals surface area contributed by atoms with Crippen molar-refractivity contribution in [3.05, 3.63) is 23.1 Å². The molecule has 1 rings (SSSR count). The smallest absolute Gasteiger partial charge is 0.223 e. The molecule has 0 radical (unpaired) electrons. The van der Waals surface area contributed by atoms with Crippen LogP contribution in [0.5, 0.6) is 0 Å². The lowest BCUT2D eigenvalue weighted by Crippen LogP contribution is -2.05. The summed E-state index contributed by atoms with van der Waals surface area (Å²) >= 11 is 0. The normalized spacial score (nSPS) is 11.5. The van der Waals surface area contributed by atoms with Gasteiger partial charge in [0.2, 0.25) is 0 Å². The third-order valence-electron chi connectivity index (χ3n) is 1.56. The zero-order chi connectivity index (χ0) is 12.5. The first-order valence-electron chi connectivity index (χ1n) is 3.60. The number of nitrogens with zero attached hydrogens (tertiary/aromatic N) is 2. The summed E-state index contributed by atoms with van der Waals surface area (Å²) in [4.78, 5) is 3.04. The maximum atomic E-state index is 13.1. The van der Waals surface area contributed by atoms with Crippen molar-refractivity contribution in [2.75, 3.05) is 0 Å². The lowest BCUT2D eigenvalue weighted by Gasteiger charge is -2.04. The Bertz CT molecular complexity index is 568. The third-order valence-corrected chi connectivity index (χ3v) is 2.74. The van der Waals surface area contributed by atoms with E-state index in [4.69, 9.17) is 15.9 Å². The van der Waals surface area contributed by atoms with E-state index in [0.717, 1.165) is 0 Å². The van der Waals surface area contributed by atoms with Crippen molar-refractivity contribution in [3.63, 3.8) is 0 Å². The van der Waals surface area contributed by atoms with Gasteiger partial charge in [-0.05, 0) is 0 Å². The molecule has 1 heterocycles. The second-order valence-corrected chi connectivity index (χ2v) is 5.07. The topological polar surface area (TPSA) is 70.8 Å². The van der Waals surface area contributed by atoms with Crippen LogP contribution in [0.4, 0.5) is 13.2 Å². The van der Waals surface area contributed by atoms with Gasteiger partial charge in [0.05, 0.1) is 5.56 Å². The van der Waals surface area contributed by atoms with E-state index in [0.29, 0.717) is 0 Å². The first-order chi connectivity index (χ1) is 7.27. The van der Waals surface area contributed by atoms with Gasteiger partial charge in [-0.25, -0.2) is 26.6 Å². The summed E-state index contributed by atoms with van der Waals surface area (Å²) in [5.74, 6) is -1.54. The van der Waals surface area contributed by atoms with Gasteiger partial charge in [0, 0.05) is 16.7 Å². The maximum Gasteiger partial charge on any atom is 0.278 e. The minimum absolute atomic E-state index is 0.241. The molecule has 0 fully saturated rings. The van der Waals surface area contributed by atoms with E-state index in [1.807, 2.05) is 0 Å². The number of alkyl halides is 2. The number of hydrogen-bond donors (Lipinski definition) is 0. The first-order valence-corrected chi connectivity index (χ1v) is 5.91. The average Bonchev–Trinajstić information content (AvgIpc) is 2.14. The summed E-state index contributed by atoms with van der Waals surface area (Å²) in [5.41, 5.74) is -2.25. The summed E-state index contributed by atoms with van der Waals surface area (Å²) in [6.45, 7) is 0. The summed E-state index contributed by atoms with van der Waals surface area (Å²) < 4.78 is 59.2. The number of halogens is 4. The zero-order valence-electron chi connectivity index (χ0n) is 7.29. The molecule has 0 N–H and O–H groups in total. The van der Waals surface area contributed by atoms with Gasteiger partial charge in [-0.15, -0.1) is 0 Å². The molecule has 16 heavy (non-hydrogen) atoms. The van der Waals surface area contributed by atoms with Crippen molar-refractivity contribution < 1.29 is 21.6 Å². The van der Waals surface area contributed by atoms with Crippen LogP contribution in [0.15, 0.2) is 11.1 Å². The second kappa shape index (κ2) is 4.27. The van der Waals surface area contributed by atoms with Gasteiger partial charge in [-0.3, -0.25) is 0 Å². The fourth-order valence-corrected chi connectivity index (χ4v) is 1.60. The van der Waals surface area contributed by atoms with Crippen LogP contribution in [-0.2, 0) is 9.05 Å². The Morgan fingerprint density at radius 2 is 2.06 bits per heavy atom. The van der Waals surface area contributed by atoms with Gasteiger partial charge >= 0.3 is 0 Å². The van der Waals surface area contributed by atoms with Gasteiger partial charge in [-0.1, -0.05) is 0 Å². The molecule has 0 saturated heterocycles. The average molecular weight is 271 g/mol. The van der Waals surface area contributed by atoms with Gasteiger partial charge in [0.15, 0.2) is 10.7 Å². The molecule has 0 unspecified atom stereocenters. The standard InChI is InChI=1S/C7H2ClF3N2O2S/c8-16(14,15)5-1-3(9)6(7(10)11)4(2-12)13-5/h1,7H. The highest BCUT2D eigenvalue weighted by molar-refractivity contribution is 8.13. The van der Waals surface area contributed by atoms with Crippen molar-refractivity contribution >= 4 is 19.7 Å². The van der Waals surface area contributed by atoms with Crippen LogP contribution in [0, 0.1) is 17.1 Å². The van der Waals surface area contributed by atoms with Crippen LogP contribution in [-0.4, -0.2) is 13.4 Å². The van der Waals surface area contributed by atoms with Gasteiger partial charge in [-0.2, -0.15) is 5.26 Å². The van der Waals surface area contributed by atoms with Crippen molar-refractivity contribution in [1.29, 1.82) is 5.26 Å². The van der Waals surface area contributed by atoms with Crippen molar-refractivity contribution in [2.45, 2.75) is 11.5 Å². The van der Waals surface area contributed by atoms with Crippen LogP contribution >= 0.6 is 10.7 Å². The van der Waals surface area contributed by atoms with E-state index < -0.39 is 37.6 Å². The SMILES string of the molecule is N#Cc1nc(S(=O)(=O)Cl)cc(F)c1C(F)F. The predicted molar refractivity (Wildman–Crippen MR) is 46.9 cm³/mol. The Morgan fingerprint density at radius 3 is 2.44 bits per heavy atom. The highest BCUT2D eigenvalue weighted by Gasteiger charge is 2.24. The molecular formula is C7H2ClF3N2O2S. The molecule has 0 aliphatic carbocycles. The molecule has 1 aromatic heterocycles. The van der Waals surface area contributed by atoms with Crippen molar-refractivity contribution in [1.82, 2.24) is 4.98 Å². The molecule has 0 aliphatic rings. The van der Waals surface area contributed by atoms with E-state index in [1.54, 1.807) is 0 Å². The molecule has 0 bridgehead atoms. The third kappa shape index (κ3) is 2.43. The molecule has 0 spiro atoms. The number of rotatable bonds is 2. The fourth-order valence-electron chi connectivity index (χ4n) is 0.920. The lowest BCUT2D eigenvalue weighted by atomic mass is 10.2. The molecule has 0 aliphatic heterocycles. The van der Waals surface area contributed by atoms with Crippen LogP contribution < -0.4 is 0 Å². The fraction of sp³-hybridized carbons (Fsp3) is 0.143. The highest BCUT2D eigenvalue weighted by atomic mass is 35.7. The van der Waals surface area contributed by atoms with Crippen molar-refractivity contribution in [2.24, 2.45) is 0 Å². The summed E-state index contributed by atoms with van der Waals surface area (Å²) in [5, 5.41) is 7.45. The van der Waals surface area contributed by atoms with E-state index in [1.165, 1.54) is 6.07 Å². The van der Waals surface area contributed by atoms with E-state index in [9.17, 15) is 21.6 Å². The van der Waals surface area contributed by atoms with Gasteiger partial charge < -0.3 is 0 Å². The van der Waals surface area contributed by atoms with Crippen LogP contribution in [0.2, 0.25) is 0 Å². The molecule has 0 amide bonds. The number of hydrogen-bond acceptors (Lipinski definition) is 4. The van der Waals surface area contributed by atoms with Crippen LogP contribution in [0.3, 0.4) is 0 Å². The number of pyridine rings is 1. The lowest BCUT2D eigenvalue weighted by molar-refractivity contribution is 0.145. The van der Waals surface area contributed by atoms with E-state index >= 15 is 0 Å². The summed E-state index contributed by atoms with van der Waals surface area (Å²) in [6.07, 6.45) is -3.27. The van der Waals surface area contributed by atoms with E-state index in [2.05, 4.69) is 4.98 Å². The predicted octanol–water partition coefficient (Wildman–Crippen LogP) is 1.96. The monoisotopic (exact) mass is 270 g/mol. The molecule has 0 aromatic carbocycles. The maximum absolute atomic E-state index is 13.1. The zero-order valence-corrected chi connectivity index (χ0v) is 8.86. The minimum atomic E-state index is -4.38. The Morgan fingerprint density at radius 1 is 1.50 bits per heavy atom. The Labute approximate surface area is 92.7 Å². The summed E-state index contributed by atoms with van der Waals surface area (Å²) in [7, 11) is 0.462. The van der Waals surface area contributed by atoms with E-state index in [-0.39, 0.29) is 6.07 Å². The first kappa shape index (κ1) is 12.7. The Hall–Kier alpha value is -1.33.